The number of imide groups is 1. The van der Waals surface area contributed by atoms with Crippen molar-refractivity contribution in [3.05, 3.63) is 82.1 Å². The number of hydrazine groups is 1. The highest BCUT2D eigenvalue weighted by molar-refractivity contribution is 6.08. The Morgan fingerprint density at radius 2 is 1.71 bits per heavy atom. The Kier molecular flexibility index (Phi) is 6.13. The summed E-state index contributed by atoms with van der Waals surface area (Å²) < 4.78 is 0. The monoisotopic (exact) mass is 461 g/mol. The number of H-pyrrole nitrogens is 1. The van der Waals surface area contributed by atoms with Crippen molar-refractivity contribution in [3.8, 4) is 0 Å². The van der Waals surface area contributed by atoms with Gasteiger partial charge in [0.25, 0.3) is 17.7 Å². The van der Waals surface area contributed by atoms with Gasteiger partial charge in [0.15, 0.2) is 0 Å². The van der Waals surface area contributed by atoms with Crippen molar-refractivity contribution in [3.63, 3.8) is 0 Å². The van der Waals surface area contributed by atoms with Crippen molar-refractivity contribution in [2.75, 3.05) is 6.54 Å². The average molecular weight is 461 g/mol. The zero-order valence-electron chi connectivity index (χ0n) is 18.4. The molecule has 0 bridgehead atoms. The zero-order chi connectivity index (χ0) is 24.3. The molecular formula is C24H23N5O5. The van der Waals surface area contributed by atoms with Crippen LogP contribution in [0.5, 0.6) is 0 Å². The number of benzene rings is 2. The molecule has 1 aliphatic rings. The predicted octanol–water partition coefficient (Wildman–Crippen LogP) is 1.23. The summed E-state index contributed by atoms with van der Waals surface area (Å²) in [6.45, 7) is 1.05. The Bertz CT molecular complexity index is 1340. The lowest BCUT2D eigenvalue weighted by atomic mass is 9.93. The number of hydrogen-bond donors (Lipinski definition) is 4. The molecule has 0 aliphatic carbocycles. The number of pyridine rings is 1. The van der Waals surface area contributed by atoms with Gasteiger partial charge in [-0.1, -0.05) is 42.5 Å². The van der Waals surface area contributed by atoms with Crippen molar-refractivity contribution in [1.29, 1.82) is 0 Å². The molecule has 10 heteroatoms. The van der Waals surface area contributed by atoms with Gasteiger partial charge in [0.1, 0.15) is 11.1 Å². The van der Waals surface area contributed by atoms with E-state index in [-0.39, 0.29) is 5.56 Å². The SMILES string of the molecule is CC1(CCc2ccccc2)NC(=O)N(NC(=O)CNC(=O)c2c[nH]c3ccccc3c2=O)C1=O. The molecule has 4 N–H and O–H groups in total. The lowest BCUT2D eigenvalue weighted by Crippen LogP contribution is -2.51. The number of aromatic nitrogens is 1. The van der Waals surface area contributed by atoms with E-state index in [1.807, 2.05) is 30.3 Å². The second kappa shape index (κ2) is 9.18. The van der Waals surface area contributed by atoms with Gasteiger partial charge in [0, 0.05) is 17.1 Å². The third kappa shape index (κ3) is 4.51. The standard InChI is InChI=1S/C24H23N5O5/c1-24(12-11-15-7-3-2-4-8-15)22(33)29(23(34)27-24)28-19(30)14-26-21(32)17-13-25-18-10-6-5-9-16(18)20(17)31/h2-10,13H,11-12,14H2,1H3,(H,25,31)(H,26,32)(H,27,34)(H,28,30). The molecule has 1 atom stereocenters. The summed E-state index contributed by atoms with van der Waals surface area (Å²) in [5.41, 5.74) is 2.00. The molecule has 34 heavy (non-hydrogen) atoms. The van der Waals surface area contributed by atoms with Crippen LogP contribution in [0.1, 0.15) is 29.3 Å². The summed E-state index contributed by atoms with van der Waals surface area (Å²) in [6.07, 6.45) is 2.17. The molecule has 0 spiro atoms. The molecule has 1 saturated heterocycles. The number of urea groups is 1. The Morgan fingerprint density at radius 1 is 1.00 bits per heavy atom. The minimum absolute atomic E-state index is 0.157. The van der Waals surface area contributed by atoms with E-state index in [1.54, 1.807) is 31.2 Å². The second-order valence-electron chi connectivity index (χ2n) is 8.18. The number of hydrogen-bond acceptors (Lipinski definition) is 5. The maximum Gasteiger partial charge on any atom is 0.344 e. The fraction of sp³-hybridized carbons (Fsp3) is 0.208. The fourth-order valence-electron chi connectivity index (χ4n) is 3.75. The molecule has 2 aromatic carbocycles. The molecule has 174 valence electrons. The van der Waals surface area contributed by atoms with Crippen molar-refractivity contribution >= 4 is 34.7 Å². The molecule has 1 fully saturated rings. The van der Waals surface area contributed by atoms with E-state index in [4.69, 9.17) is 0 Å². The number of rotatable bonds is 7. The largest absolute Gasteiger partial charge is 0.360 e. The number of fused-ring (bicyclic) bond motifs is 1. The summed E-state index contributed by atoms with van der Waals surface area (Å²) in [5, 5.41) is 5.90. The Labute approximate surface area is 194 Å². The van der Waals surface area contributed by atoms with Gasteiger partial charge in [-0.3, -0.25) is 24.6 Å². The van der Waals surface area contributed by atoms with Crippen LogP contribution in [0.25, 0.3) is 10.9 Å². The average Bonchev–Trinajstić information content (AvgIpc) is 3.05. The first-order valence-electron chi connectivity index (χ1n) is 10.7. The summed E-state index contributed by atoms with van der Waals surface area (Å²) in [5.74, 6) is -2.15. The minimum Gasteiger partial charge on any atom is -0.360 e. The maximum absolute atomic E-state index is 12.8. The fourth-order valence-corrected chi connectivity index (χ4v) is 3.75. The van der Waals surface area contributed by atoms with Crippen LogP contribution < -0.4 is 21.5 Å². The third-order valence-electron chi connectivity index (χ3n) is 5.70. The van der Waals surface area contributed by atoms with E-state index in [9.17, 15) is 24.0 Å². The second-order valence-corrected chi connectivity index (χ2v) is 8.18. The number of para-hydroxylation sites is 1. The van der Waals surface area contributed by atoms with Crippen molar-refractivity contribution in [1.82, 2.24) is 26.1 Å². The van der Waals surface area contributed by atoms with Crippen molar-refractivity contribution in [2.45, 2.75) is 25.3 Å². The van der Waals surface area contributed by atoms with Crippen LogP contribution in [0.2, 0.25) is 0 Å². The lowest BCUT2D eigenvalue weighted by molar-refractivity contribution is -0.138. The minimum atomic E-state index is -1.18. The molecule has 0 saturated carbocycles. The number of nitrogens with one attached hydrogen (secondary N) is 4. The highest BCUT2D eigenvalue weighted by Gasteiger charge is 2.48. The molecule has 4 rings (SSSR count). The summed E-state index contributed by atoms with van der Waals surface area (Å²) in [6, 6.07) is 15.5. The number of amides is 5. The van der Waals surface area contributed by atoms with Crippen LogP contribution in [-0.4, -0.2) is 45.8 Å². The Hall–Kier alpha value is -4.47. The van der Waals surface area contributed by atoms with Crippen molar-refractivity contribution < 1.29 is 19.2 Å². The van der Waals surface area contributed by atoms with E-state index in [2.05, 4.69) is 21.0 Å². The van der Waals surface area contributed by atoms with E-state index >= 15 is 0 Å². The lowest BCUT2D eigenvalue weighted by Gasteiger charge is -2.21. The number of carbonyl (C=O) groups excluding carboxylic acids is 4. The normalized spacial score (nSPS) is 17.5. The third-order valence-corrected chi connectivity index (χ3v) is 5.70. The van der Waals surface area contributed by atoms with Crippen LogP contribution in [-0.2, 0) is 16.0 Å². The van der Waals surface area contributed by atoms with E-state index in [1.165, 1.54) is 6.20 Å². The molecule has 2 heterocycles. The first kappa shape index (κ1) is 22.7. The number of aromatic amines is 1. The van der Waals surface area contributed by atoms with Gasteiger partial charge in [-0.05, 0) is 37.5 Å². The van der Waals surface area contributed by atoms with Gasteiger partial charge in [0.2, 0.25) is 5.43 Å². The van der Waals surface area contributed by atoms with E-state index < -0.39 is 41.3 Å². The quantitative estimate of drug-likeness (QED) is 0.392. The molecule has 3 aromatic rings. The summed E-state index contributed by atoms with van der Waals surface area (Å²) in [7, 11) is 0. The van der Waals surface area contributed by atoms with Gasteiger partial charge in [-0.15, -0.1) is 0 Å². The van der Waals surface area contributed by atoms with Gasteiger partial charge in [-0.2, -0.15) is 5.01 Å². The van der Waals surface area contributed by atoms with Crippen LogP contribution in [0.3, 0.4) is 0 Å². The smallest absolute Gasteiger partial charge is 0.344 e. The van der Waals surface area contributed by atoms with Crippen molar-refractivity contribution in [2.24, 2.45) is 0 Å². The predicted molar refractivity (Wildman–Crippen MR) is 124 cm³/mol. The molecule has 0 radical (unpaired) electrons. The summed E-state index contributed by atoms with van der Waals surface area (Å²) >= 11 is 0. The molecule has 10 nitrogen and oxygen atoms in total. The van der Waals surface area contributed by atoms with Gasteiger partial charge < -0.3 is 15.6 Å². The Balaban J connectivity index is 1.35. The van der Waals surface area contributed by atoms with Crippen LogP contribution in [0.4, 0.5) is 4.79 Å². The van der Waals surface area contributed by atoms with Crippen LogP contribution >= 0.6 is 0 Å². The van der Waals surface area contributed by atoms with Crippen LogP contribution in [0, 0.1) is 0 Å². The molecule has 1 unspecified atom stereocenters. The van der Waals surface area contributed by atoms with Crippen LogP contribution in [0.15, 0.2) is 65.6 Å². The zero-order valence-corrected chi connectivity index (χ0v) is 18.4. The molecule has 1 aliphatic heterocycles. The number of nitrogens with zero attached hydrogens (tertiary/aromatic N) is 1. The molecule has 5 amide bonds. The van der Waals surface area contributed by atoms with Gasteiger partial charge in [-0.25, -0.2) is 4.79 Å². The number of carbonyl (C=O) groups is 4. The highest BCUT2D eigenvalue weighted by atomic mass is 16.2. The van der Waals surface area contributed by atoms with E-state index in [0.717, 1.165) is 5.56 Å². The van der Waals surface area contributed by atoms with Gasteiger partial charge >= 0.3 is 6.03 Å². The highest BCUT2D eigenvalue weighted by Crippen LogP contribution is 2.22. The first-order valence-corrected chi connectivity index (χ1v) is 10.7. The van der Waals surface area contributed by atoms with E-state index in [0.29, 0.717) is 28.8 Å². The number of aryl methyl sites for hydroxylation is 1. The molecule has 1 aromatic heterocycles. The Morgan fingerprint density at radius 3 is 2.47 bits per heavy atom. The summed E-state index contributed by atoms with van der Waals surface area (Å²) in [4.78, 5) is 65.3. The topological polar surface area (TPSA) is 140 Å². The maximum atomic E-state index is 12.8. The molecular weight excluding hydrogens is 438 g/mol. The van der Waals surface area contributed by atoms with Gasteiger partial charge in [0.05, 0.1) is 6.54 Å². The first-order chi connectivity index (χ1) is 16.3.